The number of rotatable bonds is 3. The van der Waals surface area contributed by atoms with Gasteiger partial charge in [-0.05, 0) is 17.7 Å². The number of nitrogens with one attached hydrogen (secondary N) is 1. The molecule has 6 nitrogen and oxygen atoms in total. The summed E-state index contributed by atoms with van der Waals surface area (Å²) in [6.45, 7) is 0. The molecule has 0 aliphatic carbocycles. The number of hydrogen-bond donors (Lipinski definition) is 2. The van der Waals surface area contributed by atoms with E-state index in [1.807, 2.05) is 24.3 Å². The lowest BCUT2D eigenvalue weighted by atomic mass is 10.0. The van der Waals surface area contributed by atoms with Gasteiger partial charge in [0.05, 0.1) is 18.9 Å². The van der Waals surface area contributed by atoms with Crippen molar-refractivity contribution >= 4 is 5.88 Å². The number of anilines is 1. The number of methoxy groups -OCH3 is 1. The van der Waals surface area contributed by atoms with Crippen molar-refractivity contribution in [1.82, 2.24) is 15.4 Å². The van der Waals surface area contributed by atoms with E-state index in [4.69, 9.17) is 15.0 Å². The summed E-state index contributed by atoms with van der Waals surface area (Å²) in [6.07, 6.45) is 3.41. The Kier molecular flexibility index (Phi) is 2.68. The monoisotopic (exact) mass is 256 g/mol. The van der Waals surface area contributed by atoms with Crippen molar-refractivity contribution in [2.24, 2.45) is 0 Å². The highest BCUT2D eigenvalue weighted by atomic mass is 16.5. The lowest BCUT2D eigenvalue weighted by Crippen LogP contribution is -1.88. The summed E-state index contributed by atoms with van der Waals surface area (Å²) in [4.78, 5) is 0. The highest BCUT2D eigenvalue weighted by molar-refractivity contribution is 5.86. The summed E-state index contributed by atoms with van der Waals surface area (Å²) in [5.41, 5.74) is 9.01. The van der Waals surface area contributed by atoms with E-state index in [1.165, 1.54) is 0 Å². The fourth-order valence-electron chi connectivity index (χ4n) is 1.92. The first-order valence-corrected chi connectivity index (χ1v) is 5.68. The van der Waals surface area contributed by atoms with Crippen molar-refractivity contribution in [3.05, 3.63) is 36.7 Å². The van der Waals surface area contributed by atoms with Crippen LogP contribution in [0.1, 0.15) is 0 Å². The Hall–Kier alpha value is -2.76. The second-order valence-corrected chi connectivity index (χ2v) is 3.99. The molecule has 2 heterocycles. The van der Waals surface area contributed by atoms with Crippen LogP contribution in [0.25, 0.3) is 22.4 Å². The first-order valence-electron chi connectivity index (χ1n) is 5.68. The van der Waals surface area contributed by atoms with E-state index < -0.39 is 0 Å². The van der Waals surface area contributed by atoms with E-state index in [2.05, 4.69) is 15.4 Å². The predicted molar refractivity (Wildman–Crippen MR) is 70.5 cm³/mol. The number of nitrogens with zero attached hydrogens (tertiary/aromatic N) is 2. The van der Waals surface area contributed by atoms with Crippen LogP contribution in [0.4, 0.5) is 5.88 Å². The van der Waals surface area contributed by atoms with E-state index in [0.717, 1.165) is 22.4 Å². The Labute approximate surface area is 109 Å². The molecule has 0 saturated heterocycles. The molecule has 0 amide bonds. The number of ether oxygens (including phenoxy) is 1. The minimum absolute atomic E-state index is 0.279. The van der Waals surface area contributed by atoms with E-state index in [1.54, 1.807) is 19.5 Å². The summed E-state index contributed by atoms with van der Waals surface area (Å²) in [5.74, 6) is 1.06. The van der Waals surface area contributed by atoms with Gasteiger partial charge in [0, 0.05) is 11.8 Å². The lowest BCUT2D eigenvalue weighted by molar-refractivity contribution is 0.415. The molecule has 3 N–H and O–H groups in total. The SMILES string of the molecule is COc1ccc(-c2c(-c3cn[nH]c3)noc2N)cc1. The van der Waals surface area contributed by atoms with Crippen LogP contribution in [0.5, 0.6) is 5.75 Å². The maximum absolute atomic E-state index is 5.86. The molecule has 3 rings (SSSR count). The zero-order chi connectivity index (χ0) is 13.2. The number of nitrogens with two attached hydrogens (primary N) is 1. The fourth-order valence-corrected chi connectivity index (χ4v) is 1.92. The van der Waals surface area contributed by atoms with Crippen LogP contribution in [0, 0.1) is 0 Å². The van der Waals surface area contributed by atoms with Gasteiger partial charge in [0.2, 0.25) is 5.88 Å². The molecule has 3 aromatic rings. The van der Waals surface area contributed by atoms with Gasteiger partial charge in [0.25, 0.3) is 0 Å². The van der Waals surface area contributed by atoms with Crippen molar-refractivity contribution < 1.29 is 9.26 Å². The maximum Gasteiger partial charge on any atom is 0.230 e. The highest BCUT2D eigenvalue weighted by Crippen LogP contribution is 2.36. The van der Waals surface area contributed by atoms with Crippen molar-refractivity contribution in [2.75, 3.05) is 12.8 Å². The molecule has 19 heavy (non-hydrogen) atoms. The summed E-state index contributed by atoms with van der Waals surface area (Å²) in [7, 11) is 1.62. The molecule has 6 heteroatoms. The van der Waals surface area contributed by atoms with E-state index in [-0.39, 0.29) is 5.88 Å². The molecular weight excluding hydrogens is 244 g/mol. The Morgan fingerprint density at radius 2 is 2.00 bits per heavy atom. The molecular formula is C13H12N4O2. The van der Waals surface area contributed by atoms with Crippen LogP contribution in [-0.2, 0) is 0 Å². The third kappa shape index (κ3) is 1.93. The normalized spacial score (nSPS) is 10.6. The molecule has 0 aliphatic rings. The summed E-state index contributed by atoms with van der Waals surface area (Å²) in [6, 6.07) is 7.54. The summed E-state index contributed by atoms with van der Waals surface area (Å²) >= 11 is 0. The number of H-pyrrole nitrogens is 1. The van der Waals surface area contributed by atoms with Crippen molar-refractivity contribution in [1.29, 1.82) is 0 Å². The summed E-state index contributed by atoms with van der Waals surface area (Å²) < 4.78 is 10.2. The Bertz CT molecular complexity index is 671. The van der Waals surface area contributed by atoms with Crippen LogP contribution >= 0.6 is 0 Å². The Balaban J connectivity index is 2.11. The van der Waals surface area contributed by atoms with E-state index in [0.29, 0.717) is 5.69 Å². The molecule has 0 bridgehead atoms. The molecule has 0 fully saturated rings. The minimum Gasteiger partial charge on any atom is -0.497 e. The van der Waals surface area contributed by atoms with Gasteiger partial charge in [-0.3, -0.25) is 5.10 Å². The van der Waals surface area contributed by atoms with Crippen LogP contribution in [0.15, 0.2) is 41.2 Å². The summed E-state index contributed by atoms with van der Waals surface area (Å²) in [5, 5.41) is 10.6. The van der Waals surface area contributed by atoms with Crippen LogP contribution < -0.4 is 10.5 Å². The third-order valence-electron chi connectivity index (χ3n) is 2.87. The first-order chi connectivity index (χ1) is 9.29. The zero-order valence-corrected chi connectivity index (χ0v) is 10.3. The number of aromatic nitrogens is 3. The van der Waals surface area contributed by atoms with Gasteiger partial charge in [-0.15, -0.1) is 0 Å². The van der Waals surface area contributed by atoms with Gasteiger partial charge in [-0.1, -0.05) is 17.3 Å². The third-order valence-corrected chi connectivity index (χ3v) is 2.87. The number of benzene rings is 1. The van der Waals surface area contributed by atoms with Gasteiger partial charge in [-0.2, -0.15) is 5.10 Å². The lowest BCUT2D eigenvalue weighted by Gasteiger charge is -2.03. The average Bonchev–Trinajstić information content (AvgIpc) is 3.08. The zero-order valence-electron chi connectivity index (χ0n) is 10.3. The predicted octanol–water partition coefficient (Wildman–Crippen LogP) is 2.32. The second-order valence-electron chi connectivity index (χ2n) is 3.99. The average molecular weight is 256 g/mol. The molecule has 96 valence electrons. The topological polar surface area (TPSA) is 90.0 Å². The highest BCUT2D eigenvalue weighted by Gasteiger charge is 2.17. The van der Waals surface area contributed by atoms with Crippen LogP contribution in [0.3, 0.4) is 0 Å². The molecule has 2 aromatic heterocycles. The smallest absolute Gasteiger partial charge is 0.230 e. The molecule has 0 spiro atoms. The maximum atomic E-state index is 5.86. The van der Waals surface area contributed by atoms with Gasteiger partial charge in [0.1, 0.15) is 11.4 Å². The van der Waals surface area contributed by atoms with Gasteiger partial charge in [-0.25, -0.2) is 0 Å². The minimum atomic E-state index is 0.279. The number of aromatic amines is 1. The van der Waals surface area contributed by atoms with Crippen molar-refractivity contribution in [3.8, 4) is 28.1 Å². The van der Waals surface area contributed by atoms with Crippen molar-refractivity contribution in [3.63, 3.8) is 0 Å². The molecule has 0 unspecified atom stereocenters. The van der Waals surface area contributed by atoms with Gasteiger partial charge >= 0.3 is 0 Å². The Morgan fingerprint density at radius 1 is 1.21 bits per heavy atom. The van der Waals surface area contributed by atoms with Gasteiger partial charge < -0.3 is 15.0 Å². The standard InChI is InChI=1S/C13H12N4O2/c1-18-10-4-2-8(3-5-10)11-12(17-19-13(11)14)9-6-15-16-7-9/h2-7H,14H2,1H3,(H,15,16). The number of hydrogen-bond acceptors (Lipinski definition) is 5. The van der Waals surface area contributed by atoms with E-state index >= 15 is 0 Å². The fraction of sp³-hybridized carbons (Fsp3) is 0.0769. The van der Waals surface area contributed by atoms with Crippen LogP contribution in [0.2, 0.25) is 0 Å². The van der Waals surface area contributed by atoms with Gasteiger partial charge in [0.15, 0.2) is 0 Å². The molecule has 0 aliphatic heterocycles. The molecule has 0 atom stereocenters. The Morgan fingerprint density at radius 3 is 2.63 bits per heavy atom. The molecule has 1 aromatic carbocycles. The molecule has 0 saturated carbocycles. The quantitative estimate of drug-likeness (QED) is 0.750. The largest absolute Gasteiger partial charge is 0.497 e. The first kappa shape index (κ1) is 11.3. The second kappa shape index (κ2) is 4.49. The number of nitrogen functional groups attached to an aromatic ring is 1. The van der Waals surface area contributed by atoms with E-state index in [9.17, 15) is 0 Å². The molecule has 0 radical (unpaired) electrons. The van der Waals surface area contributed by atoms with Crippen molar-refractivity contribution in [2.45, 2.75) is 0 Å². The van der Waals surface area contributed by atoms with Crippen LogP contribution in [-0.4, -0.2) is 22.5 Å².